The van der Waals surface area contributed by atoms with Crippen LogP contribution in [0, 0.1) is 13.8 Å². The van der Waals surface area contributed by atoms with Crippen LogP contribution in [0.15, 0.2) is 48.5 Å². The van der Waals surface area contributed by atoms with Gasteiger partial charge in [0.2, 0.25) is 0 Å². The Labute approximate surface area is 223 Å². The molecule has 0 bridgehead atoms. The van der Waals surface area contributed by atoms with Crippen LogP contribution in [0.25, 0.3) is 0 Å². The van der Waals surface area contributed by atoms with Crippen LogP contribution in [0.2, 0.25) is 0 Å². The van der Waals surface area contributed by atoms with Gasteiger partial charge in [-0.15, -0.1) is 0 Å². The monoisotopic (exact) mass is 510 g/mol. The van der Waals surface area contributed by atoms with Gasteiger partial charge in [0, 0.05) is 12.8 Å². The number of carboxylic acid groups (broad SMARTS) is 2. The first-order valence-electron chi connectivity index (χ1n) is 13.5. The lowest BCUT2D eigenvalue weighted by Gasteiger charge is -2.26. The van der Waals surface area contributed by atoms with Crippen molar-refractivity contribution < 1.29 is 24.6 Å². The number of aliphatic carboxylic acids is 2. The van der Waals surface area contributed by atoms with E-state index in [1.54, 1.807) is 13.8 Å². The van der Waals surface area contributed by atoms with Crippen LogP contribution in [0.4, 0.5) is 0 Å². The molecule has 2 aromatic carbocycles. The number of aryl methyl sites for hydroxylation is 2. The molecule has 2 rings (SSSR count). The zero-order valence-electron chi connectivity index (χ0n) is 23.6. The summed E-state index contributed by atoms with van der Waals surface area (Å²) in [4.78, 5) is 36.2. The Morgan fingerprint density at radius 3 is 1.19 bits per heavy atom. The first-order valence-corrected chi connectivity index (χ1v) is 13.5. The van der Waals surface area contributed by atoms with E-state index in [4.69, 9.17) is 0 Å². The molecule has 0 radical (unpaired) electrons. The number of carbonyl (C=O) groups excluding carboxylic acids is 1. The van der Waals surface area contributed by atoms with E-state index in [2.05, 4.69) is 13.8 Å². The van der Waals surface area contributed by atoms with Crippen molar-refractivity contribution in [2.45, 2.75) is 110 Å². The number of hydrogen-bond acceptors (Lipinski definition) is 3. The Morgan fingerprint density at radius 1 is 0.622 bits per heavy atom. The summed E-state index contributed by atoms with van der Waals surface area (Å²) >= 11 is 0. The van der Waals surface area contributed by atoms with Crippen molar-refractivity contribution in [1.82, 2.24) is 0 Å². The van der Waals surface area contributed by atoms with E-state index in [0.717, 1.165) is 22.3 Å². The first-order chi connectivity index (χ1) is 17.4. The number of rotatable bonds is 14. The summed E-state index contributed by atoms with van der Waals surface area (Å²) in [6.07, 6.45) is 5.70. The highest BCUT2D eigenvalue weighted by molar-refractivity contribution is 5.81. The zero-order chi connectivity index (χ0) is 28.1. The van der Waals surface area contributed by atoms with E-state index in [-0.39, 0.29) is 5.78 Å². The van der Waals surface area contributed by atoms with Crippen LogP contribution in [-0.2, 0) is 25.2 Å². The standard InChI is InChI=1S/C29H38O5.C3H8/c1-21-11-15-23(16-12-21)28(3,26(31)32)19-7-5-9-25(30)10-6-8-20-29(4,27(33)34)24-17-13-22(2)14-18-24;1-3-2/h11-18H,5-10,19-20H2,1-4H3,(H,31,32)(H,33,34);3H2,1-2H3. The largest absolute Gasteiger partial charge is 0.481 e. The van der Waals surface area contributed by atoms with Crippen molar-refractivity contribution >= 4 is 17.7 Å². The zero-order valence-corrected chi connectivity index (χ0v) is 23.6. The van der Waals surface area contributed by atoms with Crippen molar-refractivity contribution in [1.29, 1.82) is 0 Å². The molecule has 0 saturated heterocycles. The molecule has 0 aliphatic heterocycles. The van der Waals surface area contributed by atoms with Gasteiger partial charge in [-0.05, 0) is 64.5 Å². The van der Waals surface area contributed by atoms with Gasteiger partial charge in [0.05, 0.1) is 10.8 Å². The van der Waals surface area contributed by atoms with Gasteiger partial charge in [-0.3, -0.25) is 14.4 Å². The molecular formula is C32H46O5. The van der Waals surface area contributed by atoms with Crippen LogP contribution < -0.4 is 0 Å². The van der Waals surface area contributed by atoms with Gasteiger partial charge >= 0.3 is 11.9 Å². The van der Waals surface area contributed by atoms with Gasteiger partial charge in [-0.25, -0.2) is 0 Å². The molecule has 2 unspecified atom stereocenters. The average molecular weight is 511 g/mol. The maximum absolute atomic E-state index is 12.3. The molecule has 0 aromatic heterocycles. The van der Waals surface area contributed by atoms with Crippen LogP contribution in [0.5, 0.6) is 0 Å². The lowest BCUT2D eigenvalue weighted by Crippen LogP contribution is -2.32. The van der Waals surface area contributed by atoms with Gasteiger partial charge < -0.3 is 10.2 Å². The quantitative estimate of drug-likeness (QED) is 0.253. The molecule has 5 nitrogen and oxygen atoms in total. The van der Waals surface area contributed by atoms with Crippen LogP contribution in [-0.4, -0.2) is 27.9 Å². The molecule has 2 N–H and O–H groups in total. The van der Waals surface area contributed by atoms with Crippen molar-refractivity contribution in [3.05, 3.63) is 70.8 Å². The minimum Gasteiger partial charge on any atom is -0.481 e. The predicted molar refractivity (Wildman–Crippen MR) is 150 cm³/mol. The topological polar surface area (TPSA) is 91.7 Å². The second-order valence-electron chi connectivity index (χ2n) is 10.7. The Bertz CT molecular complexity index is 913. The fourth-order valence-electron chi connectivity index (χ4n) is 4.32. The maximum Gasteiger partial charge on any atom is 0.313 e. The van der Waals surface area contributed by atoms with Crippen LogP contribution in [0.3, 0.4) is 0 Å². The number of carbonyl (C=O) groups is 3. The fourth-order valence-corrected chi connectivity index (χ4v) is 4.32. The van der Waals surface area contributed by atoms with Gasteiger partial charge in [-0.1, -0.05) is 92.8 Å². The van der Waals surface area contributed by atoms with Gasteiger partial charge in [-0.2, -0.15) is 0 Å². The molecule has 0 fully saturated rings. The van der Waals surface area contributed by atoms with E-state index in [0.29, 0.717) is 51.4 Å². The summed E-state index contributed by atoms with van der Waals surface area (Å²) in [7, 11) is 0. The van der Waals surface area contributed by atoms with Gasteiger partial charge in [0.25, 0.3) is 0 Å². The third kappa shape index (κ3) is 9.79. The summed E-state index contributed by atoms with van der Waals surface area (Å²) in [5.74, 6) is -1.55. The Morgan fingerprint density at radius 2 is 0.919 bits per heavy atom. The minimum absolute atomic E-state index is 0.153. The molecule has 0 aliphatic rings. The third-order valence-electron chi connectivity index (χ3n) is 7.09. The van der Waals surface area contributed by atoms with Crippen molar-refractivity contribution in [3.63, 3.8) is 0 Å². The van der Waals surface area contributed by atoms with Crippen LogP contribution >= 0.6 is 0 Å². The van der Waals surface area contributed by atoms with Gasteiger partial charge in [0.15, 0.2) is 0 Å². The van der Waals surface area contributed by atoms with E-state index in [1.807, 2.05) is 62.4 Å². The molecule has 0 spiro atoms. The van der Waals surface area contributed by atoms with Crippen molar-refractivity contribution in [2.24, 2.45) is 0 Å². The molecule has 0 saturated carbocycles. The van der Waals surface area contributed by atoms with Gasteiger partial charge in [0.1, 0.15) is 5.78 Å². The average Bonchev–Trinajstić information content (AvgIpc) is 2.85. The number of Topliss-reactive ketones (excluding diaryl/α,β-unsaturated/α-hetero) is 1. The predicted octanol–water partition coefficient (Wildman–Crippen LogP) is 7.79. The maximum atomic E-state index is 12.3. The second kappa shape index (κ2) is 15.3. The second-order valence-corrected chi connectivity index (χ2v) is 10.7. The summed E-state index contributed by atoms with van der Waals surface area (Å²) in [6, 6.07) is 15.2. The van der Waals surface area contributed by atoms with Crippen molar-refractivity contribution in [2.75, 3.05) is 0 Å². The lowest BCUT2D eigenvalue weighted by atomic mass is 9.77. The van der Waals surface area contributed by atoms with E-state index < -0.39 is 22.8 Å². The first kappa shape index (κ1) is 32.1. The summed E-state index contributed by atoms with van der Waals surface area (Å²) in [5, 5.41) is 19.6. The highest BCUT2D eigenvalue weighted by Crippen LogP contribution is 2.32. The van der Waals surface area contributed by atoms with Crippen LogP contribution in [0.1, 0.15) is 108 Å². The molecule has 2 aromatic rings. The molecular weight excluding hydrogens is 464 g/mol. The minimum atomic E-state index is -0.964. The molecule has 204 valence electrons. The molecule has 0 amide bonds. The Kier molecular flexibility index (Phi) is 13.3. The molecule has 5 heteroatoms. The number of carboxylic acids is 2. The molecule has 0 aliphatic carbocycles. The molecule has 37 heavy (non-hydrogen) atoms. The number of ketones is 1. The van der Waals surface area contributed by atoms with E-state index in [1.165, 1.54) is 6.42 Å². The Balaban J connectivity index is 0.00000217. The summed E-state index contributed by atoms with van der Waals surface area (Å²) in [6.45, 7) is 11.7. The third-order valence-corrected chi connectivity index (χ3v) is 7.09. The number of hydrogen-bond donors (Lipinski definition) is 2. The fraction of sp³-hybridized carbons (Fsp3) is 0.531. The molecule has 0 heterocycles. The number of benzene rings is 2. The highest BCUT2D eigenvalue weighted by atomic mass is 16.4. The summed E-state index contributed by atoms with van der Waals surface area (Å²) < 4.78 is 0. The summed E-state index contributed by atoms with van der Waals surface area (Å²) in [5.41, 5.74) is 1.82. The van der Waals surface area contributed by atoms with E-state index >= 15 is 0 Å². The SMILES string of the molecule is CCC.Cc1ccc(C(C)(CCCCC(=O)CCCCC(C)(C(=O)O)c2ccc(C)cc2)C(=O)O)cc1. The van der Waals surface area contributed by atoms with E-state index in [9.17, 15) is 24.6 Å². The highest BCUT2D eigenvalue weighted by Gasteiger charge is 2.35. The lowest BCUT2D eigenvalue weighted by molar-refractivity contribution is -0.144. The Hall–Kier alpha value is -2.95. The number of unbranched alkanes of at least 4 members (excludes halogenated alkanes) is 2. The smallest absolute Gasteiger partial charge is 0.313 e. The van der Waals surface area contributed by atoms with Crippen molar-refractivity contribution in [3.8, 4) is 0 Å². The normalized spacial score (nSPS) is 14.0. The molecule has 2 atom stereocenters.